The molecule has 0 spiro atoms. The quantitative estimate of drug-likeness (QED) is 0.686. The van der Waals surface area contributed by atoms with Crippen molar-refractivity contribution in [3.8, 4) is 0 Å². The maximum Gasteiger partial charge on any atom is 0.314 e. The van der Waals surface area contributed by atoms with Gasteiger partial charge in [-0.15, -0.1) is 0 Å². The molecule has 2 heterocycles. The van der Waals surface area contributed by atoms with E-state index in [9.17, 15) is 14.0 Å². The third-order valence-electron chi connectivity index (χ3n) is 5.21. The van der Waals surface area contributed by atoms with Gasteiger partial charge in [0, 0.05) is 38.4 Å². The number of nitrogens with zero attached hydrogens (tertiary/aromatic N) is 3. The van der Waals surface area contributed by atoms with Gasteiger partial charge in [0.15, 0.2) is 0 Å². The second kappa shape index (κ2) is 8.99. The lowest BCUT2D eigenvalue weighted by molar-refractivity contribution is -0.160. The van der Waals surface area contributed by atoms with Crippen molar-refractivity contribution in [2.24, 2.45) is 5.41 Å². The minimum absolute atomic E-state index is 0.00276. The zero-order valence-corrected chi connectivity index (χ0v) is 16.1. The van der Waals surface area contributed by atoms with Crippen molar-refractivity contribution in [1.29, 1.82) is 0 Å². The molecule has 0 bridgehead atoms. The van der Waals surface area contributed by atoms with Gasteiger partial charge in [-0.05, 0) is 49.9 Å². The molecule has 0 radical (unpaired) electrons. The number of hydrogen-bond acceptors (Lipinski definition) is 4. The number of aromatic nitrogens is 2. The summed E-state index contributed by atoms with van der Waals surface area (Å²) in [6.45, 7) is 3.52. The minimum atomic E-state index is -0.798. The van der Waals surface area contributed by atoms with Crippen LogP contribution in [-0.4, -0.2) is 46.3 Å². The van der Waals surface area contributed by atoms with E-state index in [4.69, 9.17) is 4.74 Å². The Morgan fingerprint density at radius 2 is 2.07 bits per heavy atom. The van der Waals surface area contributed by atoms with E-state index in [0.29, 0.717) is 38.9 Å². The number of hydrogen-bond donors (Lipinski definition) is 0. The molecule has 3 rings (SSSR count). The largest absolute Gasteiger partial charge is 0.466 e. The molecule has 0 aliphatic carbocycles. The molecule has 28 heavy (non-hydrogen) atoms. The van der Waals surface area contributed by atoms with Crippen molar-refractivity contribution < 1.29 is 18.7 Å². The van der Waals surface area contributed by atoms with Gasteiger partial charge < -0.3 is 9.64 Å². The van der Waals surface area contributed by atoms with Gasteiger partial charge in [0.1, 0.15) is 5.82 Å². The number of piperidine rings is 1. The molecule has 6 nitrogen and oxygen atoms in total. The summed E-state index contributed by atoms with van der Waals surface area (Å²) in [7, 11) is 0. The van der Waals surface area contributed by atoms with Crippen LogP contribution < -0.4 is 0 Å². The van der Waals surface area contributed by atoms with Crippen molar-refractivity contribution in [1.82, 2.24) is 14.7 Å². The van der Waals surface area contributed by atoms with Crippen molar-refractivity contribution in [3.63, 3.8) is 0 Å². The molecule has 7 heteroatoms. The number of esters is 1. The minimum Gasteiger partial charge on any atom is -0.466 e. The highest BCUT2D eigenvalue weighted by molar-refractivity contribution is 5.81. The van der Waals surface area contributed by atoms with E-state index in [1.807, 2.05) is 12.3 Å². The molecule has 1 aliphatic heterocycles. The van der Waals surface area contributed by atoms with Crippen molar-refractivity contribution in [2.45, 2.75) is 39.2 Å². The van der Waals surface area contributed by atoms with Gasteiger partial charge in [-0.1, -0.05) is 12.1 Å². The highest BCUT2D eigenvalue weighted by Gasteiger charge is 2.44. The first-order valence-electron chi connectivity index (χ1n) is 9.69. The predicted molar refractivity (Wildman–Crippen MR) is 102 cm³/mol. The second-order valence-corrected chi connectivity index (χ2v) is 7.24. The number of carbonyl (C=O) groups excluding carboxylic acids is 2. The van der Waals surface area contributed by atoms with Crippen LogP contribution >= 0.6 is 0 Å². The lowest BCUT2D eigenvalue weighted by atomic mass is 9.75. The summed E-state index contributed by atoms with van der Waals surface area (Å²) >= 11 is 0. The molecule has 1 amide bonds. The van der Waals surface area contributed by atoms with Gasteiger partial charge in [0.2, 0.25) is 5.91 Å². The van der Waals surface area contributed by atoms with Crippen LogP contribution in [-0.2, 0) is 27.3 Å². The number of halogens is 1. The van der Waals surface area contributed by atoms with Crippen molar-refractivity contribution in [2.75, 3.05) is 19.7 Å². The number of amides is 1. The standard InChI is InChI=1S/C21H26FN3O3/c1-2-28-20(27)21(15-17-5-7-18(22)8-6-17)10-3-12-24(16-21)19(26)9-14-25-13-4-11-23-25/h4-8,11,13H,2-3,9-10,12,14-16H2,1H3. The molecule has 1 aromatic carbocycles. The smallest absolute Gasteiger partial charge is 0.314 e. The number of rotatable bonds is 7. The molecule has 0 saturated carbocycles. The fraction of sp³-hybridized carbons (Fsp3) is 0.476. The number of carbonyl (C=O) groups is 2. The first-order valence-corrected chi connectivity index (χ1v) is 9.69. The molecule has 1 unspecified atom stereocenters. The maximum absolute atomic E-state index is 13.3. The molecule has 1 saturated heterocycles. The van der Waals surface area contributed by atoms with Gasteiger partial charge in [0.05, 0.1) is 12.0 Å². The van der Waals surface area contributed by atoms with E-state index in [0.717, 1.165) is 12.0 Å². The summed E-state index contributed by atoms with van der Waals surface area (Å²) < 4.78 is 20.3. The normalized spacial score (nSPS) is 19.4. The molecule has 150 valence electrons. The Labute approximate surface area is 164 Å². The number of benzene rings is 1. The van der Waals surface area contributed by atoms with Crippen LogP contribution in [0.5, 0.6) is 0 Å². The van der Waals surface area contributed by atoms with E-state index >= 15 is 0 Å². The number of ether oxygens (including phenoxy) is 1. The summed E-state index contributed by atoms with van der Waals surface area (Å²) in [6, 6.07) is 7.98. The van der Waals surface area contributed by atoms with E-state index < -0.39 is 5.41 Å². The Hall–Kier alpha value is -2.70. The second-order valence-electron chi connectivity index (χ2n) is 7.24. The van der Waals surface area contributed by atoms with E-state index in [1.54, 1.807) is 34.8 Å². The van der Waals surface area contributed by atoms with Crippen LogP contribution in [0.4, 0.5) is 4.39 Å². The third-order valence-corrected chi connectivity index (χ3v) is 5.21. The summed E-state index contributed by atoms with van der Waals surface area (Å²) in [6.07, 6.45) is 5.63. The number of aryl methyl sites for hydroxylation is 1. The summed E-state index contributed by atoms with van der Waals surface area (Å²) in [5, 5.41) is 4.12. The van der Waals surface area contributed by atoms with Gasteiger partial charge in [-0.3, -0.25) is 14.3 Å². The van der Waals surface area contributed by atoms with Crippen LogP contribution in [0.15, 0.2) is 42.7 Å². The monoisotopic (exact) mass is 387 g/mol. The summed E-state index contributed by atoms with van der Waals surface area (Å²) in [4.78, 5) is 27.4. The highest BCUT2D eigenvalue weighted by atomic mass is 19.1. The maximum atomic E-state index is 13.3. The van der Waals surface area contributed by atoms with Crippen LogP contribution in [0.1, 0.15) is 31.7 Å². The SMILES string of the molecule is CCOC(=O)C1(Cc2ccc(F)cc2)CCCN(C(=O)CCn2cccn2)C1. The Bertz CT molecular complexity index is 792. The van der Waals surface area contributed by atoms with E-state index in [-0.39, 0.29) is 24.3 Å². The Balaban J connectivity index is 1.73. The third kappa shape index (κ3) is 4.77. The average Bonchev–Trinajstić information content (AvgIpc) is 3.22. The van der Waals surface area contributed by atoms with Crippen molar-refractivity contribution >= 4 is 11.9 Å². The fourth-order valence-corrected chi connectivity index (χ4v) is 3.81. The Morgan fingerprint density at radius 3 is 2.75 bits per heavy atom. The lowest BCUT2D eigenvalue weighted by Gasteiger charge is -2.41. The van der Waals surface area contributed by atoms with Gasteiger partial charge >= 0.3 is 5.97 Å². The molecular weight excluding hydrogens is 361 g/mol. The molecule has 2 aromatic rings. The van der Waals surface area contributed by atoms with Gasteiger partial charge in [0.25, 0.3) is 0 Å². The van der Waals surface area contributed by atoms with Crippen LogP contribution in [0.3, 0.4) is 0 Å². The highest BCUT2D eigenvalue weighted by Crippen LogP contribution is 2.35. The Morgan fingerprint density at radius 1 is 1.29 bits per heavy atom. The van der Waals surface area contributed by atoms with Crippen LogP contribution in [0.2, 0.25) is 0 Å². The lowest BCUT2D eigenvalue weighted by Crippen LogP contribution is -2.51. The van der Waals surface area contributed by atoms with E-state index in [1.165, 1.54) is 12.1 Å². The Kier molecular flexibility index (Phi) is 6.44. The summed E-state index contributed by atoms with van der Waals surface area (Å²) in [5.74, 6) is -0.597. The molecule has 1 fully saturated rings. The van der Waals surface area contributed by atoms with Crippen molar-refractivity contribution in [3.05, 3.63) is 54.1 Å². The average molecular weight is 387 g/mol. The topological polar surface area (TPSA) is 64.4 Å². The first kappa shape index (κ1) is 20.0. The number of likely N-dealkylation sites (tertiary alicyclic amines) is 1. The molecule has 1 aromatic heterocycles. The molecular formula is C21H26FN3O3. The van der Waals surface area contributed by atoms with Crippen LogP contribution in [0, 0.1) is 11.2 Å². The zero-order chi connectivity index (χ0) is 20.0. The van der Waals surface area contributed by atoms with Crippen LogP contribution in [0.25, 0.3) is 0 Å². The molecule has 0 N–H and O–H groups in total. The zero-order valence-electron chi connectivity index (χ0n) is 16.1. The fourth-order valence-electron chi connectivity index (χ4n) is 3.81. The first-order chi connectivity index (χ1) is 13.5. The van der Waals surface area contributed by atoms with Gasteiger partial charge in [-0.25, -0.2) is 4.39 Å². The molecule has 1 atom stereocenters. The predicted octanol–water partition coefficient (Wildman–Crippen LogP) is 2.83. The van der Waals surface area contributed by atoms with E-state index in [2.05, 4.69) is 5.10 Å². The van der Waals surface area contributed by atoms with Gasteiger partial charge in [-0.2, -0.15) is 5.10 Å². The molecule has 1 aliphatic rings. The summed E-state index contributed by atoms with van der Waals surface area (Å²) in [5.41, 5.74) is 0.0632.